The van der Waals surface area contributed by atoms with E-state index in [9.17, 15) is 0 Å². The summed E-state index contributed by atoms with van der Waals surface area (Å²) in [6, 6.07) is 11.2. The van der Waals surface area contributed by atoms with E-state index in [4.69, 9.17) is 23.7 Å². The van der Waals surface area contributed by atoms with Crippen LogP contribution in [0, 0.1) is 7.11 Å². The molecular weight excluding hydrogens is 296 g/mol. The van der Waals surface area contributed by atoms with Gasteiger partial charge in [-0.25, -0.2) is 0 Å². The van der Waals surface area contributed by atoms with E-state index >= 15 is 0 Å². The van der Waals surface area contributed by atoms with Gasteiger partial charge in [-0.05, 0) is 35.4 Å². The second-order valence-corrected chi connectivity index (χ2v) is 4.78. The van der Waals surface area contributed by atoms with Crippen LogP contribution in [-0.2, 0) is 4.74 Å². The average molecular weight is 317 g/mol. The van der Waals surface area contributed by atoms with Crippen LogP contribution in [0.4, 0.5) is 0 Å². The van der Waals surface area contributed by atoms with E-state index in [0.29, 0.717) is 23.0 Å². The first kappa shape index (κ1) is 17.0. The van der Waals surface area contributed by atoms with Crippen molar-refractivity contribution in [1.82, 2.24) is 0 Å². The minimum atomic E-state index is -0.366. The van der Waals surface area contributed by atoms with Gasteiger partial charge >= 0.3 is 0 Å². The second-order valence-electron chi connectivity index (χ2n) is 4.78. The van der Waals surface area contributed by atoms with E-state index in [0.717, 1.165) is 11.1 Å². The molecule has 2 rings (SSSR count). The van der Waals surface area contributed by atoms with E-state index < -0.39 is 0 Å². The molecular formula is C18H21O5. The highest BCUT2D eigenvalue weighted by Crippen LogP contribution is 2.36. The molecule has 2 aromatic rings. The molecule has 0 heterocycles. The van der Waals surface area contributed by atoms with Gasteiger partial charge in [0.25, 0.3) is 0 Å². The standard InChI is InChI=1S/C18H21O5/c1-19-14-8-6-12(10-16(14)21-3)18(23-5)13-7-9-15(20-2)17(11-13)22-4/h6-11,18H,5H2,1-4H3. The van der Waals surface area contributed by atoms with Crippen molar-refractivity contribution in [3.8, 4) is 23.0 Å². The van der Waals surface area contributed by atoms with Crippen molar-refractivity contribution in [3.63, 3.8) is 0 Å². The van der Waals surface area contributed by atoms with Crippen LogP contribution in [0.5, 0.6) is 23.0 Å². The smallest absolute Gasteiger partial charge is 0.161 e. The van der Waals surface area contributed by atoms with Gasteiger partial charge in [-0.15, -0.1) is 0 Å². The number of ether oxygens (including phenoxy) is 5. The summed E-state index contributed by atoms with van der Waals surface area (Å²) in [6.07, 6.45) is -0.366. The first-order valence-electron chi connectivity index (χ1n) is 7.03. The molecule has 0 atom stereocenters. The molecule has 0 aliphatic carbocycles. The van der Waals surface area contributed by atoms with E-state index in [2.05, 4.69) is 7.11 Å². The molecule has 0 N–H and O–H groups in total. The van der Waals surface area contributed by atoms with E-state index in [1.54, 1.807) is 28.4 Å². The largest absolute Gasteiger partial charge is 0.493 e. The van der Waals surface area contributed by atoms with Crippen molar-refractivity contribution in [2.45, 2.75) is 6.10 Å². The Morgan fingerprint density at radius 1 is 0.652 bits per heavy atom. The van der Waals surface area contributed by atoms with Gasteiger partial charge in [-0.1, -0.05) is 12.1 Å². The highest BCUT2D eigenvalue weighted by Gasteiger charge is 2.18. The number of methoxy groups -OCH3 is 4. The summed E-state index contributed by atoms with van der Waals surface area (Å²) < 4.78 is 26.6. The zero-order chi connectivity index (χ0) is 16.8. The Morgan fingerprint density at radius 2 is 1.04 bits per heavy atom. The van der Waals surface area contributed by atoms with Crippen LogP contribution in [0.2, 0.25) is 0 Å². The second kappa shape index (κ2) is 7.74. The van der Waals surface area contributed by atoms with Crippen LogP contribution in [0.3, 0.4) is 0 Å². The lowest BCUT2D eigenvalue weighted by atomic mass is 10.0. The Hall–Kier alpha value is -2.40. The number of hydrogen-bond donors (Lipinski definition) is 0. The van der Waals surface area contributed by atoms with E-state index in [1.165, 1.54) is 0 Å². The summed E-state index contributed by atoms with van der Waals surface area (Å²) in [7, 11) is 9.98. The average Bonchev–Trinajstić information content (AvgIpc) is 2.61. The zero-order valence-corrected chi connectivity index (χ0v) is 13.8. The van der Waals surface area contributed by atoms with Crippen LogP contribution in [-0.4, -0.2) is 28.4 Å². The number of hydrogen-bond acceptors (Lipinski definition) is 5. The first-order valence-corrected chi connectivity index (χ1v) is 7.03. The lowest BCUT2D eigenvalue weighted by Crippen LogP contribution is -2.04. The molecule has 0 amide bonds. The maximum absolute atomic E-state index is 5.43. The summed E-state index contributed by atoms with van der Waals surface area (Å²) in [4.78, 5) is 0. The van der Waals surface area contributed by atoms with E-state index in [-0.39, 0.29) is 6.10 Å². The fraction of sp³-hybridized carbons (Fsp3) is 0.278. The van der Waals surface area contributed by atoms with Crippen molar-refractivity contribution in [2.24, 2.45) is 0 Å². The molecule has 2 aromatic carbocycles. The normalized spacial score (nSPS) is 10.5. The molecule has 0 bridgehead atoms. The third-order valence-electron chi connectivity index (χ3n) is 3.59. The Morgan fingerprint density at radius 3 is 1.35 bits per heavy atom. The monoisotopic (exact) mass is 317 g/mol. The van der Waals surface area contributed by atoms with Crippen molar-refractivity contribution in [1.29, 1.82) is 0 Å². The predicted molar refractivity (Wildman–Crippen MR) is 87.4 cm³/mol. The topological polar surface area (TPSA) is 46.2 Å². The Labute approximate surface area is 136 Å². The summed E-state index contributed by atoms with van der Waals surface area (Å²) in [6.45, 7) is 0. The molecule has 1 radical (unpaired) electrons. The Bertz CT molecular complexity index is 598. The lowest BCUT2D eigenvalue weighted by Gasteiger charge is -2.19. The summed E-state index contributed by atoms with van der Waals surface area (Å²) in [5, 5.41) is 0. The van der Waals surface area contributed by atoms with Crippen molar-refractivity contribution in [2.75, 3.05) is 28.4 Å². The fourth-order valence-electron chi connectivity index (χ4n) is 2.42. The minimum Gasteiger partial charge on any atom is -0.493 e. The maximum atomic E-state index is 5.43. The molecule has 123 valence electrons. The van der Waals surface area contributed by atoms with Crippen LogP contribution in [0.1, 0.15) is 17.2 Å². The van der Waals surface area contributed by atoms with Crippen molar-refractivity contribution >= 4 is 0 Å². The third-order valence-corrected chi connectivity index (χ3v) is 3.59. The van der Waals surface area contributed by atoms with Gasteiger partial charge in [-0.2, -0.15) is 0 Å². The lowest BCUT2D eigenvalue weighted by molar-refractivity contribution is 0.175. The molecule has 0 unspecified atom stereocenters. The van der Waals surface area contributed by atoms with Gasteiger partial charge in [0.1, 0.15) is 6.10 Å². The quantitative estimate of drug-likeness (QED) is 0.780. The molecule has 0 aromatic heterocycles. The molecule has 0 aliphatic rings. The first-order chi connectivity index (χ1) is 11.2. The number of rotatable bonds is 7. The minimum absolute atomic E-state index is 0.366. The summed E-state index contributed by atoms with van der Waals surface area (Å²) in [5.74, 6) is 2.58. The van der Waals surface area contributed by atoms with Crippen LogP contribution >= 0.6 is 0 Å². The van der Waals surface area contributed by atoms with Crippen LogP contribution < -0.4 is 18.9 Å². The maximum Gasteiger partial charge on any atom is 0.161 e. The number of benzene rings is 2. The molecule has 5 heteroatoms. The van der Waals surface area contributed by atoms with Gasteiger partial charge in [0.15, 0.2) is 23.0 Å². The molecule has 0 fully saturated rings. The van der Waals surface area contributed by atoms with Gasteiger partial charge < -0.3 is 23.7 Å². The predicted octanol–water partition coefficient (Wildman–Crippen LogP) is 3.62. The molecule has 23 heavy (non-hydrogen) atoms. The Kier molecular flexibility index (Phi) is 5.71. The van der Waals surface area contributed by atoms with Crippen molar-refractivity contribution < 1.29 is 23.7 Å². The summed E-state index contributed by atoms with van der Waals surface area (Å²) in [5.41, 5.74) is 1.79. The fourth-order valence-corrected chi connectivity index (χ4v) is 2.42. The van der Waals surface area contributed by atoms with E-state index in [1.807, 2.05) is 36.4 Å². The molecule has 0 saturated carbocycles. The van der Waals surface area contributed by atoms with Gasteiger partial charge in [0, 0.05) is 0 Å². The van der Waals surface area contributed by atoms with Crippen molar-refractivity contribution in [3.05, 3.63) is 54.6 Å². The summed E-state index contributed by atoms with van der Waals surface area (Å²) >= 11 is 0. The SMILES string of the molecule is [CH2]OC(c1ccc(OC)c(OC)c1)c1ccc(OC)c(OC)c1. The van der Waals surface area contributed by atoms with Crippen LogP contribution in [0.25, 0.3) is 0 Å². The molecule has 0 aliphatic heterocycles. The molecule has 5 nitrogen and oxygen atoms in total. The van der Waals surface area contributed by atoms with Crippen LogP contribution in [0.15, 0.2) is 36.4 Å². The highest BCUT2D eigenvalue weighted by atomic mass is 16.5. The zero-order valence-electron chi connectivity index (χ0n) is 13.8. The highest BCUT2D eigenvalue weighted by molar-refractivity contribution is 5.48. The molecule has 0 saturated heterocycles. The third kappa shape index (κ3) is 3.51. The van der Waals surface area contributed by atoms with Gasteiger partial charge in [0.2, 0.25) is 0 Å². The molecule has 0 spiro atoms. The van der Waals surface area contributed by atoms with Gasteiger partial charge in [-0.3, -0.25) is 0 Å². The van der Waals surface area contributed by atoms with Gasteiger partial charge in [0.05, 0.1) is 35.5 Å². The Balaban J connectivity index is 2.43.